The maximum Gasteiger partial charge on any atom is 0.255 e. The molecule has 4 aromatic rings. The van der Waals surface area contributed by atoms with Crippen molar-refractivity contribution in [1.82, 2.24) is 19.7 Å². The van der Waals surface area contributed by atoms with Gasteiger partial charge in [-0.15, -0.1) is 0 Å². The Morgan fingerprint density at radius 3 is 2.34 bits per heavy atom. The predicted molar refractivity (Wildman–Crippen MR) is 164 cm³/mol. The van der Waals surface area contributed by atoms with Gasteiger partial charge in [0.05, 0.1) is 16.9 Å². The molecular weight excluding hydrogens is 508 g/mol. The number of aromatic nitrogens is 1. The molecule has 1 aromatic heterocycles. The summed E-state index contributed by atoms with van der Waals surface area (Å²) in [6.07, 6.45) is 7.28. The SMILES string of the molecule is CC1CC2(CCCN(C3CCN(C(=O)c4c5ccccc5cc5ccccc45)CC3)C2)OCN1Cc1ccccn1. The van der Waals surface area contributed by atoms with Crippen LogP contribution in [0.1, 0.15) is 55.1 Å². The third-order valence-electron chi connectivity index (χ3n) is 9.74. The third-order valence-corrected chi connectivity index (χ3v) is 9.74. The van der Waals surface area contributed by atoms with Gasteiger partial charge < -0.3 is 9.64 Å². The molecule has 2 atom stereocenters. The molecule has 0 aliphatic carbocycles. The summed E-state index contributed by atoms with van der Waals surface area (Å²) in [6, 6.07) is 25.9. The molecule has 3 aromatic carbocycles. The van der Waals surface area contributed by atoms with E-state index >= 15 is 0 Å². The Labute approximate surface area is 242 Å². The monoisotopic (exact) mass is 548 g/mol. The van der Waals surface area contributed by atoms with E-state index in [4.69, 9.17) is 4.74 Å². The molecule has 0 radical (unpaired) electrons. The second-order valence-corrected chi connectivity index (χ2v) is 12.4. The molecule has 3 aliphatic rings. The number of hydrogen-bond donors (Lipinski definition) is 0. The molecule has 6 heteroatoms. The number of pyridine rings is 1. The molecule has 3 saturated heterocycles. The van der Waals surface area contributed by atoms with Gasteiger partial charge in [-0.05, 0) is 85.3 Å². The zero-order chi connectivity index (χ0) is 27.8. The van der Waals surface area contributed by atoms with E-state index in [0.717, 1.165) is 91.2 Å². The highest BCUT2D eigenvalue weighted by Crippen LogP contribution is 2.37. The lowest BCUT2D eigenvalue weighted by Crippen LogP contribution is -2.60. The fourth-order valence-electron chi connectivity index (χ4n) is 7.54. The van der Waals surface area contributed by atoms with Gasteiger partial charge in [-0.25, -0.2) is 0 Å². The number of ether oxygens (including phenoxy) is 1. The molecular formula is C35H40N4O2. The van der Waals surface area contributed by atoms with E-state index in [1.807, 2.05) is 24.4 Å². The first-order valence-electron chi connectivity index (χ1n) is 15.3. The first-order chi connectivity index (χ1) is 20.1. The molecule has 3 fully saturated rings. The average Bonchev–Trinajstić information content (AvgIpc) is 3.02. The van der Waals surface area contributed by atoms with Crippen LogP contribution in [0.5, 0.6) is 0 Å². The normalized spacial score (nSPS) is 24.8. The van der Waals surface area contributed by atoms with E-state index in [9.17, 15) is 4.79 Å². The molecule has 2 unspecified atom stereocenters. The minimum absolute atomic E-state index is 0.0624. The Bertz CT molecular complexity index is 1480. The number of piperidine rings is 2. The predicted octanol–water partition coefficient (Wildman–Crippen LogP) is 6.10. The summed E-state index contributed by atoms with van der Waals surface area (Å²) in [4.78, 5) is 25.7. The zero-order valence-electron chi connectivity index (χ0n) is 24.0. The molecule has 41 heavy (non-hydrogen) atoms. The largest absolute Gasteiger partial charge is 0.358 e. The lowest BCUT2D eigenvalue weighted by atomic mass is 9.83. The number of hydrogen-bond acceptors (Lipinski definition) is 5. The molecule has 1 spiro atoms. The van der Waals surface area contributed by atoms with E-state index in [0.29, 0.717) is 18.8 Å². The van der Waals surface area contributed by atoms with E-state index in [1.54, 1.807) is 0 Å². The van der Waals surface area contributed by atoms with Crippen molar-refractivity contribution in [2.75, 3.05) is 32.9 Å². The van der Waals surface area contributed by atoms with Crippen LogP contribution in [0, 0.1) is 0 Å². The van der Waals surface area contributed by atoms with E-state index in [1.165, 1.54) is 6.42 Å². The maximum atomic E-state index is 14.0. The van der Waals surface area contributed by atoms with Gasteiger partial charge in [-0.2, -0.15) is 0 Å². The van der Waals surface area contributed by atoms with Crippen molar-refractivity contribution in [2.45, 2.75) is 63.3 Å². The lowest BCUT2D eigenvalue weighted by molar-refractivity contribution is -0.186. The summed E-state index contributed by atoms with van der Waals surface area (Å²) in [5.41, 5.74) is 1.89. The van der Waals surface area contributed by atoms with Crippen LogP contribution in [-0.2, 0) is 11.3 Å². The Balaban J connectivity index is 1.01. The van der Waals surface area contributed by atoms with Crippen molar-refractivity contribution in [3.63, 3.8) is 0 Å². The number of fused-ring (bicyclic) bond motifs is 2. The molecule has 1 amide bonds. The Morgan fingerprint density at radius 1 is 0.951 bits per heavy atom. The Morgan fingerprint density at radius 2 is 1.66 bits per heavy atom. The summed E-state index contributed by atoms with van der Waals surface area (Å²) in [5, 5.41) is 4.36. The van der Waals surface area contributed by atoms with Crippen molar-refractivity contribution >= 4 is 27.5 Å². The smallest absolute Gasteiger partial charge is 0.255 e. The van der Waals surface area contributed by atoms with Crippen LogP contribution in [-0.4, -0.2) is 76.2 Å². The lowest BCUT2D eigenvalue weighted by Gasteiger charge is -2.52. The van der Waals surface area contributed by atoms with Crippen LogP contribution >= 0.6 is 0 Å². The standard InChI is InChI=1S/C35H40N4O2/c1-26-22-35(41-25-39(26)23-29-11-6-7-17-36-29)16-8-18-38(24-35)30-14-19-37(20-15-30)34(40)33-31-12-4-2-9-27(31)21-28-10-3-5-13-32(28)33/h2-7,9-13,17,21,26,30H,8,14-16,18-20,22-25H2,1H3. The van der Waals surface area contributed by atoms with Gasteiger partial charge in [0.1, 0.15) is 6.73 Å². The second-order valence-electron chi connectivity index (χ2n) is 12.4. The van der Waals surface area contributed by atoms with Crippen molar-refractivity contribution in [1.29, 1.82) is 0 Å². The van der Waals surface area contributed by atoms with Crippen molar-refractivity contribution < 1.29 is 9.53 Å². The fraction of sp³-hybridized carbons (Fsp3) is 0.429. The summed E-state index contributed by atoms with van der Waals surface area (Å²) < 4.78 is 6.67. The number of amides is 1. The van der Waals surface area contributed by atoms with E-state index < -0.39 is 0 Å². The molecule has 3 aliphatic heterocycles. The van der Waals surface area contributed by atoms with Gasteiger partial charge >= 0.3 is 0 Å². The average molecular weight is 549 g/mol. The molecule has 4 heterocycles. The zero-order valence-corrected chi connectivity index (χ0v) is 24.0. The number of likely N-dealkylation sites (tertiary alicyclic amines) is 2. The van der Waals surface area contributed by atoms with Crippen LogP contribution in [0.4, 0.5) is 0 Å². The van der Waals surface area contributed by atoms with Crippen LogP contribution in [0.25, 0.3) is 21.5 Å². The van der Waals surface area contributed by atoms with E-state index in [-0.39, 0.29) is 11.5 Å². The Kier molecular flexibility index (Phi) is 7.23. The van der Waals surface area contributed by atoms with Gasteiger partial charge in [-0.3, -0.25) is 19.6 Å². The van der Waals surface area contributed by atoms with Crippen molar-refractivity contribution in [3.05, 3.63) is 90.3 Å². The fourth-order valence-corrected chi connectivity index (χ4v) is 7.54. The number of carbonyl (C=O) groups is 1. The van der Waals surface area contributed by atoms with Crippen LogP contribution in [0.2, 0.25) is 0 Å². The number of benzene rings is 3. The summed E-state index contributed by atoms with van der Waals surface area (Å²) in [7, 11) is 0. The number of nitrogens with zero attached hydrogens (tertiary/aromatic N) is 4. The molecule has 0 bridgehead atoms. The summed E-state index contributed by atoms with van der Waals surface area (Å²) >= 11 is 0. The molecule has 0 saturated carbocycles. The maximum absolute atomic E-state index is 14.0. The van der Waals surface area contributed by atoms with Gasteiger partial charge in [-0.1, -0.05) is 54.6 Å². The minimum atomic E-state index is -0.0624. The van der Waals surface area contributed by atoms with Crippen LogP contribution in [0.3, 0.4) is 0 Å². The first kappa shape index (κ1) is 26.6. The van der Waals surface area contributed by atoms with Gasteiger partial charge in [0.15, 0.2) is 0 Å². The van der Waals surface area contributed by atoms with Gasteiger partial charge in [0, 0.05) is 44.5 Å². The highest BCUT2D eigenvalue weighted by atomic mass is 16.5. The molecule has 212 valence electrons. The highest BCUT2D eigenvalue weighted by molar-refractivity contribution is 6.18. The van der Waals surface area contributed by atoms with Crippen LogP contribution < -0.4 is 0 Å². The molecule has 7 rings (SSSR count). The first-order valence-corrected chi connectivity index (χ1v) is 15.3. The van der Waals surface area contributed by atoms with Crippen molar-refractivity contribution in [3.8, 4) is 0 Å². The van der Waals surface area contributed by atoms with Crippen molar-refractivity contribution in [2.24, 2.45) is 0 Å². The van der Waals surface area contributed by atoms with Crippen LogP contribution in [0.15, 0.2) is 79.0 Å². The number of carbonyl (C=O) groups excluding carboxylic acids is 1. The summed E-state index contributed by atoms with van der Waals surface area (Å²) in [6.45, 7) is 7.58. The van der Waals surface area contributed by atoms with Gasteiger partial charge in [0.2, 0.25) is 0 Å². The molecule has 6 nitrogen and oxygen atoms in total. The third kappa shape index (κ3) is 5.25. The van der Waals surface area contributed by atoms with E-state index in [2.05, 4.69) is 81.2 Å². The Hall–Kier alpha value is -3.32. The second kappa shape index (κ2) is 11.2. The minimum Gasteiger partial charge on any atom is -0.358 e. The molecule has 0 N–H and O–H groups in total. The topological polar surface area (TPSA) is 48.9 Å². The van der Waals surface area contributed by atoms with Gasteiger partial charge in [0.25, 0.3) is 5.91 Å². The summed E-state index contributed by atoms with van der Waals surface area (Å²) in [5.74, 6) is 0.170. The quantitative estimate of drug-likeness (QED) is 0.289. The number of rotatable bonds is 4. The highest BCUT2D eigenvalue weighted by Gasteiger charge is 2.44.